The Morgan fingerprint density at radius 2 is 2.26 bits per heavy atom. The maximum absolute atomic E-state index is 10.8. The van der Waals surface area contributed by atoms with Crippen LogP contribution in [0.15, 0.2) is 12.3 Å². The zero-order valence-electron chi connectivity index (χ0n) is 10.5. The molecule has 1 aliphatic heterocycles. The van der Waals surface area contributed by atoms with E-state index in [1.165, 1.54) is 25.1 Å². The van der Waals surface area contributed by atoms with E-state index in [-0.39, 0.29) is 5.56 Å². The van der Waals surface area contributed by atoms with Crippen LogP contribution >= 0.6 is 11.6 Å². The van der Waals surface area contributed by atoms with Crippen LogP contribution in [0.5, 0.6) is 0 Å². The topological polar surface area (TPSA) is 65.5 Å². The van der Waals surface area contributed by atoms with Crippen molar-refractivity contribution in [1.82, 2.24) is 9.88 Å². The lowest BCUT2D eigenvalue weighted by Gasteiger charge is -2.16. The Labute approximate surface area is 116 Å². The maximum atomic E-state index is 10.8. The van der Waals surface area contributed by atoms with Gasteiger partial charge >= 0.3 is 5.97 Å². The van der Waals surface area contributed by atoms with E-state index in [2.05, 4.69) is 15.2 Å². The molecule has 1 saturated heterocycles. The number of aromatic nitrogens is 1. The van der Waals surface area contributed by atoms with Gasteiger partial charge in [-0.2, -0.15) is 0 Å². The quantitative estimate of drug-likeness (QED) is 0.885. The third-order valence-corrected chi connectivity index (χ3v) is 4.00. The lowest BCUT2D eigenvalue weighted by Crippen LogP contribution is -2.28. The molecule has 1 aliphatic carbocycles. The molecule has 0 radical (unpaired) electrons. The van der Waals surface area contributed by atoms with Gasteiger partial charge in [0.15, 0.2) is 0 Å². The number of likely N-dealkylation sites (tertiary alicyclic amines) is 1. The van der Waals surface area contributed by atoms with E-state index in [4.69, 9.17) is 16.7 Å². The van der Waals surface area contributed by atoms with E-state index in [1.54, 1.807) is 0 Å². The SMILES string of the molecule is O=C(O)c1cnc(NC2CCN(C3CC3)C2)c(Cl)c1. The predicted octanol–water partition coefficient (Wildman–Crippen LogP) is 2.08. The van der Waals surface area contributed by atoms with Crippen molar-refractivity contribution < 1.29 is 9.90 Å². The molecule has 0 spiro atoms. The zero-order chi connectivity index (χ0) is 13.4. The molecular weight excluding hydrogens is 266 g/mol. The number of rotatable bonds is 4. The smallest absolute Gasteiger partial charge is 0.337 e. The van der Waals surface area contributed by atoms with Gasteiger partial charge in [0, 0.05) is 31.4 Å². The van der Waals surface area contributed by atoms with Crippen LogP contribution in [0.3, 0.4) is 0 Å². The normalized spacial score (nSPS) is 23.5. The molecule has 0 bridgehead atoms. The summed E-state index contributed by atoms with van der Waals surface area (Å²) in [5, 5.41) is 12.5. The van der Waals surface area contributed by atoms with Crippen molar-refractivity contribution in [2.45, 2.75) is 31.3 Å². The summed E-state index contributed by atoms with van der Waals surface area (Å²) < 4.78 is 0. The van der Waals surface area contributed by atoms with Gasteiger partial charge in [-0.15, -0.1) is 0 Å². The lowest BCUT2D eigenvalue weighted by molar-refractivity contribution is 0.0696. The molecular formula is C13H16ClN3O2. The number of aromatic carboxylic acids is 1. The van der Waals surface area contributed by atoms with Crippen LogP contribution in [-0.2, 0) is 0 Å². The Hall–Kier alpha value is -1.33. The fourth-order valence-corrected chi connectivity index (χ4v) is 2.75. The minimum Gasteiger partial charge on any atom is -0.478 e. The van der Waals surface area contributed by atoms with Crippen molar-refractivity contribution in [2.24, 2.45) is 0 Å². The number of carbonyl (C=O) groups is 1. The molecule has 1 saturated carbocycles. The number of nitrogens with zero attached hydrogens (tertiary/aromatic N) is 2. The van der Waals surface area contributed by atoms with E-state index in [9.17, 15) is 4.79 Å². The Kier molecular flexibility index (Phi) is 3.33. The minimum atomic E-state index is -1.01. The molecule has 102 valence electrons. The van der Waals surface area contributed by atoms with E-state index in [1.807, 2.05) is 0 Å². The number of anilines is 1. The molecule has 0 amide bonds. The Bertz CT molecular complexity index is 505. The Balaban J connectivity index is 1.65. The molecule has 0 aromatic carbocycles. The molecule has 19 heavy (non-hydrogen) atoms. The molecule has 2 fully saturated rings. The second-order valence-electron chi connectivity index (χ2n) is 5.22. The molecule has 2 heterocycles. The van der Waals surface area contributed by atoms with Crippen molar-refractivity contribution in [3.63, 3.8) is 0 Å². The highest BCUT2D eigenvalue weighted by molar-refractivity contribution is 6.33. The maximum Gasteiger partial charge on any atom is 0.337 e. The van der Waals surface area contributed by atoms with Gasteiger partial charge in [-0.05, 0) is 25.3 Å². The highest BCUT2D eigenvalue weighted by Crippen LogP contribution is 2.31. The summed E-state index contributed by atoms with van der Waals surface area (Å²) in [6.07, 6.45) is 5.05. The van der Waals surface area contributed by atoms with Crippen molar-refractivity contribution in [3.05, 3.63) is 22.8 Å². The zero-order valence-corrected chi connectivity index (χ0v) is 11.2. The van der Waals surface area contributed by atoms with Crippen LogP contribution in [-0.4, -0.2) is 46.1 Å². The standard InChI is InChI=1S/C13H16ClN3O2/c14-11-5-8(13(18)19)6-15-12(11)16-9-3-4-17(7-9)10-1-2-10/h5-6,9-10H,1-4,7H2,(H,15,16)(H,18,19). The molecule has 2 N–H and O–H groups in total. The van der Waals surface area contributed by atoms with Crippen LogP contribution in [0.2, 0.25) is 5.02 Å². The number of carboxylic acids is 1. The van der Waals surface area contributed by atoms with Gasteiger partial charge in [-0.3, -0.25) is 4.90 Å². The lowest BCUT2D eigenvalue weighted by atomic mass is 10.2. The van der Waals surface area contributed by atoms with E-state index >= 15 is 0 Å². The summed E-state index contributed by atoms with van der Waals surface area (Å²) in [6.45, 7) is 2.14. The highest BCUT2D eigenvalue weighted by atomic mass is 35.5. The molecule has 1 aromatic heterocycles. The molecule has 1 atom stereocenters. The summed E-state index contributed by atoms with van der Waals surface area (Å²) in [6, 6.07) is 2.57. The average molecular weight is 282 g/mol. The van der Waals surface area contributed by atoms with Crippen LogP contribution in [0.25, 0.3) is 0 Å². The largest absolute Gasteiger partial charge is 0.478 e. The number of carboxylic acid groups (broad SMARTS) is 1. The fraction of sp³-hybridized carbons (Fsp3) is 0.538. The van der Waals surface area contributed by atoms with Crippen LogP contribution in [0.1, 0.15) is 29.6 Å². The fourth-order valence-electron chi connectivity index (χ4n) is 2.53. The summed E-state index contributed by atoms with van der Waals surface area (Å²) in [4.78, 5) is 17.4. The van der Waals surface area contributed by atoms with Crippen LogP contribution < -0.4 is 5.32 Å². The first kappa shape index (κ1) is 12.7. The first-order valence-electron chi connectivity index (χ1n) is 6.53. The number of pyridine rings is 1. The highest BCUT2D eigenvalue weighted by Gasteiger charge is 2.34. The van der Waals surface area contributed by atoms with Crippen LogP contribution in [0.4, 0.5) is 5.82 Å². The molecule has 2 aliphatic rings. The van der Waals surface area contributed by atoms with Crippen LogP contribution in [0, 0.1) is 0 Å². The number of hydrogen-bond donors (Lipinski definition) is 2. The Morgan fingerprint density at radius 3 is 2.89 bits per heavy atom. The van der Waals surface area contributed by atoms with Gasteiger partial charge in [0.05, 0.1) is 10.6 Å². The van der Waals surface area contributed by atoms with E-state index < -0.39 is 5.97 Å². The first-order chi connectivity index (χ1) is 9.13. The molecule has 6 heteroatoms. The van der Waals surface area contributed by atoms with Gasteiger partial charge in [0.25, 0.3) is 0 Å². The van der Waals surface area contributed by atoms with Gasteiger partial charge in [-0.1, -0.05) is 11.6 Å². The monoisotopic (exact) mass is 281 g/mol. The summed E-state index contributed by atoms with van der Waals surface area (Å²) in [7, 11) is 0. The minimum absolute atomic E-state index is 0.113. The van der Waals surface area contributed by atoms with E-state index in [0.29, 0.717) is 16.9 Å². The third-order valence-electron chi connectivity index (χ3n) is 3.71. The number of hydrogen-bond acceptors (Lipinski definition) is 4. The van der Waals surface area contributed by atoms with Crippen molar-refractivity contribution >= 4 is 23.4 Å². The molecule has 1 aromatic rings. The van der Waals surface area contributed by atoms with Gasteiger partial charge < -0.3 is 10.4 Å². The van der Waals surface area contributed by atoms with E-state index in [0.717, 1.165) is 25.6 Å². The molecule has 5 nitrogen and oxygen atoms in total. The van der Waals surface area contributed by atoms with Gasteiger partial charge in [-0.25, -0.2) is 9.78 Å². The molecule has 1 unspecified atom stereocenters. The summed E-state index contributed by atoms with van der Waals surface area (Å²) in [5.41, 5.74) is 0.113. The predicted molar refractivity (Wildman–Crippen MR) is 72.8 cm³/mol. The average Bonchev–Trinajstić information content (AvgIpc) is 3.12. The second-order valence-corrected chi connectivity index (χ2v) is 5.62. The van der Waals surface area contributed by atoms with Gasteiger partial charge in [0.1, 0.15) is 5.82 Å². The van der Waals surface area contributed by atoms with Gasteiger partial charge in [0.2, 0.25) is 0 Å². The number of halogens is 1. The molecule has 3 rings (SSSR count). The summed E-state index contributed by atoms with van der Waals surface area (Å²) >= 11 is 6.06. The van der Waals surface area contributed by atoms with Crippen molar-refractivity contribution in [1.29, 1.82) is 0 Å². The summed E-state index contributed by atoms with van der Waals surface area (Å²) in [5.74, 6) is -0.434. The second kappa shape index (κ2) is 4.98. The Morgan fingerprint density at radius 1 is 1.47 bits per heavy atom. The van der Waals surface area contributed by atoms with Crippen molar-refractivity contribution in [3.8, 4) is 0 Å². The third kappa shape index (κ3) is 2.82. The van der Waals surface area contributed by atoms with Crippen molar-refractivity contribution in [2.75, 3.05) is 18.4 Å². The number of nitrogens with one attached hydrogen (secondary N) is 1. The first-order valence-corrected chi connectivity index (χ1v) is 6.90.